The van der Waals surface area contributed by atoms with Gasteiger partial charge >= 0.3 is 6.18 Å². The van der Waals surface area contributed by atoms with Gasteiger partial charge in [0.05, 0.1) is 13.5 Å². The van der Waals surface area contributed by atoms with Crippen LogP contribution in [0, 0.1) is 5.92 Å². The first-order valence-electron chi connectivity index (χ1n) is 9.84. The summed E-state index contributed by atoms with van der Waals surface area (Å²) < 4.78 is 42.1. The first-order valence-corrected chi connectivity index (χ1v) is 9.84. The molecule has 8 heteroatoms. The smallest absolute Gasteiger partial charge is 0.390 e. The van der Waals surface area contributed by atoms with Crippen molar-refractivity contribution in [1.29, 1.82) is 0 Å². The van der Waals surface area contributed by atoms with Gasteiger partial charge in [-0.25, -0.2) is 0 Å². The van der Waals surface area contributed by atoms with Crippen LogP contribution in [0.4, 0.5) is 13.2 Å². The molecule has 0 bridgehead atoms. The molecule has 5 nitrogen and oxygen atoms in total. The van der Waals surface area contributed by atoms with Crippen LogP contribution in [0.1, 0.15) is 31.7 Å². The quantitative estimate of drug-likeness (QED) is 0.519. The molecule has 1 aromatic rings. The van der Waals surface area contributed by atoms with Gasteiger partial charge in [-0.3, -0.25) is 9.89 Å². The average molecular weight is 400 g/mol. The summed E-state index contributed by atoms with van der Waals surface area (Å²) in [5, 5.41) is 5.78. The van der Waals surface area contributed by atoms with Crippen LogP contribution in [0.3, 0.4) is 0 Å². The lowest BCUT2D eigenvalue weighted by atomic mass is 9.96. The Balaban J connectivity index is 1.74. The number of nitrogens with zero attached hydrogens (tertiary/aromatic N) is 2. The van der Waals surface area contributed by atoms with Gasteiger partial charge in [0.25, 0.3) is 0 Å². The minimum Gasteiger partial charge on any atom is -0.497 e. The number of guanidine groups is 1. The molecule has 2 rings (SSSR count). The maximum absolute atomic E-state index is 12.3. The lowest BCUT2D eigenvalue weighted by Crippen LogP contribution is -2.40. The van der Waals surface area contributed by atoms with Gasteiger partial charge in [-0.2, -0.15) is 13.2 Å². The van der Waals surface area contributed by atoms with Crippen LogP contribution in [-0.4, -0.2) is 56.9 Å². The Morgan fingerprint density at radius 1 is 1.18 bits per heavy atom. The molecule has 158 valence electrons. The highest BCUT2D eigenvalue weighted by molar-refractivity contribution is 5.79. The first-order chi connectivity index (χ1) is 13.4. The summed E-state index contributed by atoms with van der Waals surface area (Å²) in [7, 11) is 1.66. The molecule has 0 aliphatic carbocycles. The van der Waals surface area contributed by atoms with Crippen molar-refractivity contribution in [3.05, 3.63) is 29.8 Å². The number of alkyl halides is 3. The van der Waals surface area contributed by atoms with Gasteiger partial charge in [-0.1, -0.05) is 12.1 Å². The molecule has 0 radical (unpaired) electrons. The van der Waals surface area contributed by atoms with E-state index in [1.54, 1.807) is 7.11 Å². The van der Waals surface area contributed by atoms with Crippen LogP contribution < -0.4 is 15.4 Å². The highest BCUT2D eigenvalue weighted by atomic mass is 19.4. The molecule has 2 N–H and O–H groups in total. The Labute approximate surface area is 165 Å². The Hall–Kier alpha value is -1.96. The monoisotopic (exact) mass is 400 g/mol. The van der Waals surface area contributed by atoms with Gasteiger partial charge in [0.1, 0.15) is 5.75 Å². The van der Waals surface area contributed by atoms with Crippen LogP contribution >= 0.6 is 0 Å². The van der Waals surface area contributed by atoms with E-state index in [-0.39, 0.29) is 6.54 Å². The summed E-state index contributed by atoms with van der Waals surface area (Å²) >= 11 is 0. The third kappa shape index (κ3) is 8.37. The third-order valence-electron chi connectivity index (χ3n) is 4.83. The average Bonchev–Trinajstić information content (AvgIpc) is 2.67. The van der Waals surface area contributed by atoms with Crippen molar-refractivity contribution < 1.29 is 17.9 Å². The van der Waals surface area contributed by atoms with Crippen LogP contribution in [0.15, 0.2) is 29.3 Å². The predicted molar refractivity (Wildman–Crippen MR) is 106 cm³/mol. The molecule has 0 spiro atoms. The van der Waals surface area contributed by atoms with Gasteiger partial charge in [0.15, 0.2) is 5.96 Å². The second-order valence-corrected chi connectivity index (χ2v) is 7.08. The van der Waals surface area contributed by atoms with E-state index in [1.807, 2.05) is 19.1 Å². The number of rotatable bonds is 8. The number of nitrogens with one attached hydrogen (secondary N) is 2. The number of methoxy groups -OCH3 is 1. The maximum atomic E-state index is 12.3. The second-order valence-electron chi connectivity index (χ2n) is 7.08. The SMILES string of the molecule is CCNC(=NCC1CCN(Cc2ccc(OC)cc2)CC1)NCCC(F)(F)F. The zero-order chi connectivity index (χ0) is 20.4. The number of halogens is 3. The van der Waals surface area contributed by atoms with Gasteiger partial charge in [0, 0.05) is 26.2 Å². The van der Waals surface area contributed by atoms with E-state index >= 15 is 0 Å². The lowest BCUT2D eigenvalue weighted by Gasteiger charge is -2.31. The summed E-state index contributed by atoms with van der Waals surface area (Å²) in [6.07, 6.45) is -2.93. The van der Waals surface area contributed by atoms with Crippen molar-refractivity contribution in [3.8, 4) is 5.75 Å². The van der Waals surface area contributed by atoms with Gasteiger partial charge < -0.3 is 15.4 Å². The molecule has 0 saturated carbocycles. The number of hydrogen-bond acceptors (Lipinski definition) is 3. The van der Waals surface area contributed by atoms with E-state index in [0.717, 1.165) is 38.2 Å². The van der Waals surface area contributed by atoms with E-state index in [0.29, 0.717) is 25.0 Å². The molecule has 0 amide bonds. The minimum atomic E-state index is -4.15. The van der Waals surface area contributed by atoms with Gasteiger partial charge in [0.2, 0.25) is 0 Å². The molecule has 0 atom stereocenters. The molecule has 1 heterocycles. The Morgan fingerprint density at radius 2 is 1.86 bits per heavy atom. The zero-order valence-electron chi connectivity index (χ0n) is 16.7. The maximum Gasteiger partial charge on any atom is 0.390 e. The van der Waals surface area contributed by atoms with Crippen molar-refractivity contribution in [2.75, 3.05) is 39.8 Å². The fourth-order valence-electron chi connectivity index (χ4n) is 3.20. The van der Waals surface area contributed by atoms with Gasteiger partial charge in [-0.15, -0.1) is 0 Å². The minimum absolute atomic E-state index is 0.157. The number of benzene rings is 1. The number of piperidine rings is 1. The third-order valence-corrected chi connectivity index (χ3v) is 4.83. The number of aliphatic imine (C=N–C) groups is 1. The Bertz CT molecular complexity index is 596. The Morgan fingerprint density at radius 3 is 2.43 bits per heavy atom. The van der Waals surface area contributed by atoms with E-state index in [2.05, 4.69) is 32.7 Å². The second kappa shape index (κ2) is 11.1. The molecular weight excluding hydrogens is 369 g/mol. The summed E-state index contributed by atoms with van der Waals surface area (Å²) in [5.74, 6) is 1.79. The van der Waals surface area contributed by atoms with Crippen molar-refractivity contribution in [3.63, 3.8) is 0 Å². The molecule has 1 saturated heterocycles. The molecule has 28 heavy (non-hydrogen) atoms. The molecule has 0 aromatic heterocycles. The molecule has 0 unspecified atom stereocenters. The standard InChI is InChI=1S/C20H31F3N4O/c1-3-24-19(25-11-10-20(21,22)23)26-14-16-8-12-27(13-9-16)15-17-4-6-18(28-2)7-5-17/h4-7,16H,3,8-15H2,1-2H3,(H2,24,25,26). The number of ether oxygens (including phenoxy) is 1. The van der Waals surface area contributed by atoms with Crippen molar-refractivity contribution in [2.45, 2.75) is 38.9 Å². The number of hydrogen-bond donors (Lipinski definition) is 2. The first kappa shape index (κ1) is 22.3. The molecular formula is C20H31F3N4O. The summed E-state index contributed by atoms with van der Waals surface area (Å²) in [4.78, 5) is 6.90. The molecule has 1 aliphatic rings. The number of likely N-dealkylation sites (tertiary alicyclic amines) is 1. The lowest BCUT2D eigenvalue weighted by molar-refractivity contribution is -0.132. The summed E-state index contributed by atoms with van der Waals surface area (Å²) in [5.41, 5.74) is 1.26. The van der Waals surface area contributed by atoms with Gasteiger partial charge in [-0.05, 0) is 56.5 Å². The Kier molecular flexibility index (Phi) is 8.89. The van der Waals surface area contributed by atoms with Crippen LogP contribution in [0.2, 0.25) is 0 Å². The van der Waals surface area contributed by atoms with Crippen molar-refractivity contribution in [2.24, 2.45) is 10.9 Å². The topological polar surface area (TPSA) is 48.9 Å². The van der Waals surface area contributed by atoms with E-state index < -0.39 is 12.6 Å². The normalized spacial score (nSPS) is 16.8. The molecule has 1 fully saturated rings. The fraction of sp³-hybridized carbons (Fsp3) is 0.650. The van der Waals surface area contributed by atoms with Crippen molar-refractivity contribution in [1.82, 2.24) is 15.5 Å². The zero-order valence-corrected chi connectivity index (χ0v) is 16.7. The fourth-order valence-corrected chi connectivity index (χ4v) is 3.20. The highest BCUT2D eigenvalue weighted by Gasteiger charge is 2.26. The molecule has 1 aromatic carbocycles. The molecule has 1 aliphatic heterocycles. The van der Waals surface area contributed by atoms with E-state index in [1.165, 1.54) is 5.56 Å². The largest absolute Gasteiger partial charge is 0.497 e. The van der Waals surface area contributed by atoms with Crippen LogP contribution in [0.5, 0.6) is 5.75 Å². The van der Waals surface area contributed by atoms with Crippen LogP contribution in [-0.2, 0) is 6.54 Å². The van der Waals surface area contributed by atoms with E-state index in [9.17, 15) is 13.2 Å². The van der Waals surface area contributed by atoms with Crippen molar-refractivity contribution >= 4 is 5.96 Å². The van der Waals surface area contributed by atoms with Crippen LogP contribution in [0.25, 0.3) is 0 Å². The van der Waals surface area contributed by atoms with E-state index in [4.69, 9.17) is 4.74 Å². The summed E-state index contributed by atoms with van der Waals surface area (Å²) in [6.45, 7) is 5.93. The highest BCUT2D eigenvalue weighted by Crippen LogP contribution is 2.21. The predicted octanol–water partition coefficient (Wildman–Crippen LogP) is 3.41. The summed E-state index contributed by atoms with van der Waals surface area (Å²) in [6, 6.07) is 8.13.